The van der Waals surface area contributed by atoms with Crippen LogP contribution in [0, 0.1) is 17.8 Å². The van der Waals surface area contributed by atoms with Crippen molar-refractivity contribution >= 4 is 35.0 Å². The number of benzene rings is 1. The van der Waals surface area contributed by atoms with Crippen LogP contribution in [0.25, 0.3) is 0 Å². The highest BCUT2D eigenvalue weighted by Gasteiger charge is 2.33. The van der Waals surface area contributed by atoms with Crippen molar-refractivity contribution in [3.05, 3.63) is 33.8 Å². The van der Waals surface area contributed by atoms with Crippen LogP contribution in [0.15, 0.2) is 22.7 Å². The Hall–Kier alpha value is -0.540. The number of carbonyl (C=O) groups excluding carboxylic acids is 1. The van der Waals surface area contributed by atoms with E-state index in [0.29, 0.717) is 11.8 Å². The molecule has 1 aromatic carbocycles. The molecule has 1 aliphatic carbocycles. The van der Waals surface area contributed by atoms with Crippen LogP contribution in [0.2, 0.25) is 0 Å². The number of methoxy groups -OCH3 is 1. The van der Waals surface area contributed by atoms with Gasteiger partial charge in [-0.05, 0) is 74.2 Å². The minimum absolute atomic E-state index is 0.0992. The van der Waals surface area contributed by atoms with Crippen molar-refractivity contribution in [3.8, 4) is 0 Å². The van der Waals surface area contributed by atoms with E-state index in [1.807, 2.05) is 20.8 Å². The van der Waals surface area contributed by atoms with Crippen LogP contribution in [-0.2, 0) is 16.0 Å². The molecule has 0 aliphatic heterocycles. The maximum atomic E-state index is 11.5. The number of carbonyl (C=O) groups is 1. The molecule has 0 fully saturated rings. The number of hydrogen-bond acceptors (Lipinski definition) is 5. The molecule has 1 aromatic rings. The Bertz CT molecular complexity index is 561. The van der Waals surface area contributed by atoms with Crippen molar-refractivity contribution in [1.29, 1.82) is 0 Å². The molecule has 0 aromatic heterocycles. The molecule has 0 spiro atoms. The molecule has 1 aliphatic rings. The average Bonchev–Trinajstić information content (AvgIpc) is 3.05. The Morgan fingerprint density at radius 1 is 1.31 bits per heavy atom. The summed E-state index contributed by atoms with van der Waals surface area (Å²) in [5.41, 5.74) is 2.60. The van der Waals surface area contributed by atoms with Gasteiger partial charge in [0.25, 0.3) is 0 Å². The van der Waals surface area contributed by atoms with Crippen LogP contribution in [-0.4, -0.2) is 38.8 Å². The van der Waals surface area contributed by atoms with Crippen LogP contribution in [0.4, 0.5) is 8.78 Å². The van der Waals surface area contributed by atoms with E-state index in [-0.39, 0.29) is 5.92 Å². The summed E-state index contributed by atoms with van der Waals surface area (Å²) < 4.78 is 27.8. The lowest BCUT2D eigenvalue weighted by Crippen LogP contribution is -2.14. The normalized spacial score (nSPS) is 16.7. The van der Waals surface area contributed by atoms with Crippen LogP contribution < -0.4 is 4.72 Å². The van der Waals surface area contributed by atoms with Gasteiger partial charge in [0, 0.05) is 24.1 Å². The molecule has 0 bridgehead atoms. The Kier molecular flexibility index (Phi) is 26.6. The number of alkyl halides is 2. The highest BCUT2D eigenvalue weighted by molar-refractivity contribution is 9.10. The lowest BCUT2D eigenvalue weighted by molar-refractivity contribution is -0.110. The zero-order valence-corrected chi connectivity index (χ0v) is 23.3. The van der Waals surface area contributed by atoms with Crippen molar-refractivity contribution in [1.82, 2.24) is 4.72 Å². The summed E-state index contributed by atoms with van der Waals surface area (Å²) in [7, 11) is 3.42. The highest BCUT2D eigenvalue weighted by Crippen LogP contribution is 2.41. The number of halogens is 3. The molecule has 8 heteroatoms. The van der Waals surface area contributed by atoms with Gasteiger partial charge in [0.2, 0.25) is 0 Å². The topological polar surface area (TPSA) is 58.6 Å². The summed E-state index contributed by atoms with van der Waals surface area (Å²) in [6.07, 6.45) is 4.63. The molecule has 0 radical (unpaired) electrons. The Morgan fingerprint density at radius 2 is 1.78 bits per heavy atom. The SMILES string of the molecule is CC.CC(C)C[C@@H](C)C[C@H]1Cc2ccc(Br)cc2C1C=O.CCOC.CNS.OC(F)F. The van der Waals surface area contributed by atoms with E-state index in [4.69, 9.17) is 5.11 Å². The first-order valence-corrected chi connectivity index (χ1v) is 12.3. The fourth-order valence-electron chi connectivity index (χ4n) is 3.56. The first-order valence-electron chi connectivity index (χ1n) is 11.1. The van der Waals surface area contributed by atoms with E-state index in [1.54, 1.807) is 14.2 Å². The molecule has 3 atom stereocenters. The van der Waals surface area contributed by atoms with Crippen LogP contribution in [0.3, 0.4) is 0 Å². The molecule has 4 nitrogen and oxygen atoms in total. The number of nitrogens with one attached hydrogen (secondary N) is 1. The number of rotatable bonds is 6. The second kappa shape index (κ2) is 23.6. The fourth-order valence-corrected chi connectivity index (χ4v) is 3.94. The van der Waals surface area contributed by atoms with Gasteiger partial charge in [0.05, 0.1) is 0 Å². The number of fused-ring (bicyclic) bond motifs is 1. The lowest BCUT2D eigenvalue weighted by Gasteiger charge is -2.21. The predicted octanol–water partition coefficient (Wildman–Crippen LogP) is 6.91. The van der Waals surface area contributed by atoms with E-state index in [0.717, 1.165) is 36.1 Å². The summed E-state index contributed by atoms with van der Waals surface area (Å²) in [6, 6.07) is 6.38. The number of aliphatic hydroxyl groups excluding tert-OH is 1. The Balaban J connectivity index is -0.000000538. The second-order valence-electron chi connectivity index (χ2n) is 7.52. The number of thiol groups is 1. The molecule has 2 rings (SSSR count). The molecule has 0 saturated heterocycles. The lowest BCUT2D eigenvalue weighted by atomic mass is 9.83. The first-order chi connectivity index (χ1) is 15.1. The molecule has 32 heavy (non-hydrogen) atoms. The molecular weight excluding hydrogens is 500 g/mol. The maximum Gasteiger partial charge on any atom is 0.342 e. The van der Waals surface area contributed by atoms with E-state index in [9.17, 15) is 13.6 Å². The van der Waals surface area contributed by atoms with E-state index in [1.165, 1.54) is 17.5 Å². The van der Waals surface area contributed by atoms with Crippen molar-refractivity contribution in [3.63, 3.8) is 0 Å². The summed E-state index contributed by atoms with van der Waals surface area (Å²) in [4.78, 5) is 11.5. The molecular formula is C24H44BrF2NO3S. The molecule has 190 valence electrons. The quantitative estimate of drug-likeness (QED) is 0.269. The van der Waals surface area contributed by atoms with Gasteiger partial charge in [-0.25, -0.2) is 0 Å². The van der Waals surface area contributed by atoms with Gasteiger partial charge in [0.1, 0.15) is 6.29 Å². The summed E-state index contributed by atoms with van der Waals surface area (Å²) in [6.45, 7) is 10.5. The predicted molar refractivity (Wildman–Crippen MR) is 139 cm³/mol. The van der Waals surface area contributed by atoms with E-state index < -0.39 is 6.61 Å². The van der Waals surface area contributed by atoms with Gasteiger partial charge in [0.15, 0.2) is 0 Å². The van der Waals surface area contributed by atoms with Crippen molar-refractivity contribution in [2.75, 3.05) is 20.8 Å². The van der Waals surface area contributed by atoms with Crippen LogP contribution in [0.1, 0.15) is 71.4 Å². The highest BCUT2D eigenvalue weighted by atomic mass is 79.9. The third-order valence-corrected chi connectivity index (χ3v) is 4.96. The van der Waals surface area contributed by atoms with Crippen LogP contribution >= 0.6 is 28.7 Å². The van der Waals surface area contributed by atoms with Crippen LogP contribution in [0.5, 0.6) is 0 Å². The van der Waals surface area contributed by atoms with Crippen molar-refractivity contribution in [2.24, 2.45) is 17.8 Å². The summed E-state index contributed by atoms with van der Waals surface area (Å²) in [5.74, 6) is 2.03. The molecule has 1 unspecified atom stereocenters. The van der Waals surface area contributed by atoms with Crippen molar-refractivity contribution < 1.29 is 23.4 Å². The smallest absolute Gasteiger partial charge is 0.342 e. The first kappa shape index (κ1) is 36.0. The third kappa shape index (κ3) is 19.0. The number of hydrogen-bond donors (Lipinski definition) is 3. The molecule has 0 heterocycles. The van der Waals surface area contributed by atoms with Gasteiger partial charge in [-0.2, -0.15) is 8.78 Å². The summed E-state index contributed by atoms with van der Waals surface area (Å²) in [5, 5.41) is 6.72. The number of aliphatic hydroxyl groups is 1. The largest absolute Gasteiger partial charge is 0.385 e. The van der Waals surface area contributed by atoms with Gasteiger partial charge >= 0.3 is 6.61 Å². The molecule has 0 amide bonds. The average molecular weight is 545 g/mol. The number of ether oxygens (including phenoxy) is 1. The Labute approximate surface area is 208 Å². The maximum absolute atomic E-state index is 11.5. The van der Waals surface area contributed by atoms with Gasteiger partial charge in [-0.3, -0.25) is 4.72 Å². The zero-order valence-electron chi connectivity index (χ0n) is 20.9. The minimum Gasteiger partial charge on any atom is -0.385 e. The van der Waals surface area contributed by atoms with Gasteiger partial charge in [-0.1, -0.05) is 69.4 Å². The van der Waals surface area contributed by atoms with Gasteiger partial charge in [-0.15, -0.1) is 0 Å². The van der Waals surface area contributed by atoms with Crippen molar-refractivity contribution in [2.45, 2.75) is 73.3 Å². The molecule has 0 saturated carbocycles. The second-order valence-corrected chi connectivity index (χ2v) is 8.88. The third-order valence-electron chi connectivity index (χ3n) is 4.47. The zero-order chi connectivity index (χ0) is 25.7. The monoisotopic (exact) mass is 543 g/mol. The van der Waals surface area contributed by atoms with E-state index >= 15 is 0 Å². The Morgan fingerprint density at radius 3 is 2.16 bits per heavy atom. The summed E-state index contributed by atoms with van der Waals surface area (Å²) >= 11 is 7.05. The minimum atomic E-state index is -3.17. The number of aldehydes is 1. The molecule has 2 N–H and O–H groups in total. The van der Waals surface area contributed by atoms with Gasteiger partial charge < -0.3 is 14.6 Å². The fraction of sp³-hybridized carbons (Fsp3) is 0.708. The standard InChI is InChI=1S/C17H23BrO.C3H8O.C2H6.CH2F2O.CH5NS/c1-11(2)6-12(3)7-14-8-13-4-5-15(18)9-16(13)17(14)10-19;1-3-4-2;1-2;2-1(3)4;1-2-3/h4-5,9-12,14,17H,6-8H2,1-3H3;3H2,1-2H3;1-2H3;1,4H;2-3H,1H3/t12-,14+,17?;;;;/m1..../s1. The van der Waals surface area contributed by atoms with E-state index in [2.05, 4.69) is 77.2 Å².